The van der Waals surface area contributed by atoms with Crippen LogP contribution in [0.5, 0.6) is 17.2 Å². The first-order chi connectivity index (χ1) is 10.8. The van der Waals surface area contributed by atoms with Gasteiger partial charge in [0.2, 0.25) is 11.2 Å². The van der Waals surface area contributed by atoms with Gasteiger partial charge in [-0.3, -0.25) is 4.79 Å². The summed E-state index contributed by atoms with van der Waals surface area (Å²) in [6.45, 7) is 1.62. The molecule has 0 saturated heterocycles. The van der Waals surface area contributed by atoms with Crippen molar-refractivity contribution in [2.75, 3.05) is 0 Å². The number of aromatic hydroxyl groups is 3. The molecule has 3 aromatic rings. The standard InChI is InChI=1S/C16H10Cl2O5/c1-6-9(18)2-7(3-10(6)19)16-15(22)14(21)13-11(20)4-8(17)5-12(13)23-16/h2-5,19-20,22H,1H3. The Morgan fingerprint density at radius 1 is 1.00 bits per heavy atom. The fraction of sp³-hybridized carbons (Fsp3) is 0.0625. The Kier molecular flexibility index (Phi) is 3.62. The molecule has 0 radical (unpaired) electrons. The van der Waals surface area contributed by atoms with E-state index < -0.39 is 16.9 Å². The van der Waals surface area contributed by atoms with Crippen molar-refractivity contribution in [1.82, 2.24) is 0 Å². The van der Waals surface area contributed by atoms with Crippen LogP contribution >= 0.6 is 23.2 Å². The third kappa shape index (κ3) is 2.48. The highest BCUT2D eigenvalue weighted by Gasteiger charge is 2.19. The van der Waals surface area contributed by atoms with Crippen molar-refractivity contribution in [3.05, 3.63) is 50.1 Å². The van der Waals surface area contributed by atoms with E-state index in [0.29, 0.717) is 5.56 Å². The van der Waals surface area contributed by atoms with Crippen molar-refractivity contribution in [2.24, 2.45) is 0 Å². The molecule has 2 aromatic carbocycles. The number of phenolic OH excluding ortho intramolecular Hbond substituents is 2. The van der Waals surface area contributed by atoms with Crippen LogP contribution in [-0.2, 0) is 0 Å². The molecule has 118 valence electrons. The molecule has 3 rings (SSSR count). The van der Waals surface area contributed by atoms with Gasteiger partial charge in [0.05, 0.1) is 0 Å². The summed E-state index contributed by atoms with van der Waals surface area (Å²) in [5, 5.41) is 30.0. The van der Waals surface area contributed by atoms with Crippen LogP contribution < -0.4 is 5.43 Å². The molecule has 0 fully saturated rings. The fourth-order valence-corrected chi connectivity index (χ4v) is 2.66. The highest BCUT2D eigenvalue weighted by molar-refractivity contribution is 6.32. The van der Waals surface area contributed by atoms with Crippen LogP contribution in [0, 0.1) is 6.92 Å². The number of hydrogen-bond donors (Lipinski definition) is 3. The quantitative estimate of drug-likeness (QED) is 0.610. The molecule has 23 heavy (non-hydrogen) atoms. The summed E-state index contributed by atoms with van der Waals surface area (Å²) in [6.07, 6.45) is 0. The summed E-state index contributed by atoms with van der Waals surface area (Å²) in [7, 11) is 0. The molecule has 0 amide bonds. The minimum atomic E-state index is -0.813. The Hall–Kier alpha value is -2.37. The molecule has 0 spiro atoms. The van der Waals surface area contributed by atoms with Gasteiger partial charge in [0, 0.05) is 27.2 Å². The molecule has 1 heterocycles. The molecule has 0 unspecified atom stereocenters. The van der Waals surface area contributed by atoms with Gasteiger partial charge in [0.25, 0.3) is 0 Å². The van der Waals surface area contributed by atoms with Crippen LogP contribution in [0.1, 0.15) is 5.56 Å². The van der Waals surface area contributed by atoms with E-state index in [4.69, 9.17) is 27.6 Å². The molecule has 5 nitrogen and oxygen atoms in total. The lowest BCUT2D eigenvalue weighted by Crippen LogP contribution is -2.03. The van der Waals surface area contributed by atoms with Gasteiger partial charge in [-0.25, -0.2) is 0 Å². The van der Waals surface area contributed by atoms with Gasteiger partial charge in [-0.05, 0) is 25.1 Å². The second-order valence-electron chi connectivity index (χ2n) is 5.01. The van der Waals surface area contributed by atoms with Crippen LogP contribution in [0.4, 0.5) is 0 Å². The number of benzene rings is 2. The van der Waals surface area contributed by atoms with Crippen LogP contribution in [0.2, 0.25) is 10.0 Å². The van der Waals surface area contributed by atoms with Crippen molar-refractivity contribution >= 4 is 34.2 Å². The van der Waals surface area contributed by atoms with Crippen molar-refractivity contribution in [3.63, 3.8) is 0 Å². The van der Waals surface area contributed by atoms with Gasteiger partial charge in [0.15, 0.2) is 5.76 Å². The molecule has 0 bridgehead atoms. The molecule has 0 atom stereocenters. The van der Waals surface area contributed by atoms with Crippen LogP contribution in [-0.4, -0.2) is 15.3 Å². The molecular formula is C16H10Cl2O5. The predicted molar refractivity (Wildman–Crippen MR) is 87.7 cm³/mol. The van der Waals surface area contributed by atoms with Crippen molar-refractivity contribution in [2.45, 2.75) is 6.92 Å². The fourth-order valence-electron chi connectivity index (χ4n) is 2.25. The first-order valence-electron chi connectivity index (χ1n) is 6.47. The summed E-state index contributed by atoms with van der Waals surface area (Å²) >= 11 is 11.8. The van der Waals surface area contributed by atoms with Crippen LogP contribution in [0.15, 0.2) is 33.5 Å². The first-order valence-corrected chi connectivity index (χ1v) is 7.23. The Morgan fingerprint density at radius 3 is 2.35 bits per heavy atom. The normalized spacial score (nSPS) is 11.1. The summed E-state index contributed by atoms with van der Waals surface area (Å²) in [5.41, 5.74) is -0.136. The summed E-state index contributed by atoms with van der Waals surface area (Å²) < 4.78 is 5.51. The number of rotatable bonds is 1. The zero-order valence-electron chi connectivity index (χ0n) is 11.7. The molecule has 0 aliphatic heterocycles. The Bertz CT molecular complexity index is 984. The number of phenols is 2. The van der Waals surface area contributed by atoms with E-state index in [-0.39, 0.29) is 38.1 Å². The van der Waals surface area contributed by atoms with E-state index in [2.05, 4.69) is 0 Å². The molecule has 7 heteroatoms. The van der Waals surface area contributed by atoms with E-state index in [1.54, 1.807) is 6.92 Å². The summed E-state index contributed by atoms with van der Waals surface area (Å²) in [5.74, 6) is -1.38. The minimum Gasteiger partial charge on any atom is -0.508 e. The molecule has 0 aliphatic rings. The van der Waals surface area contributed by atoms with E-state index >= 15 is 0 Å². The van der Waals surface area contributed by atoms with Crippen molar-refractivity contribution < 1.29 is 19.7 Å². The van der Waals surface area contributed by atoms with Gasteiger partial charge in [0.1, 0.15) is 22.5 Å². The Balaban J connectivity index is 2.40. The van der Waals surface area contributed by atoms with E-state index in [1.807, 2.05) is 0 Å². The SMILES string of the molecule is Cc1c(O)cc(-c2oc3cc(Cl)cc(O)c3c(=O)c2O)cc1Cl. The maximum absolute atomic E-state index is 12.3. The van der Waals surface area contributed by atoms with E-state index in [9.17, 15) is 20.1 Å². The lowest BCUT2D eigenvalue weighted by molar-refractivity contribution is 0.444. The van der Waals surface area contributed by atoms with Gasteiger partial charge >= 0.3 is 0 Å². The first kappa shape index (κ1) is 15.5. The largest absolute Gasteiger partial charge is 0.508 e. The highest BCUT2D eigenvalue weighted by atomic mass is 35.5. The summed E-state index contributed by atoms with van der Waals surface area (Å²) in [6, 6.07) is 5.28. The topological polar surface area (TPSA) is 90.9 Å². The van der Waals surface area contributed by atoms with Crippen LogP contribution in [0.3, 0.4) is 0 Å². The van der Waals surface area contributed by atoms with E-state index in [1.165, 1.54) is 24.3 Å². The minimum absolute atomic E-state index is 0.00369. The maximum Gasteiger partial charge on any atom is 0.238 e. The molecule has 0 saturated carbocycles. The van der Waals surface area contributed by atoms with E-state index in [0.717, 1.165) is 0 Å². The van der Waals surface area contributed by atoms with Crippen molar-refractivity contribution in [1.29, 1.82) is 0 Å². The highest BCUT2D eigenvalue weighted by Crippen LogP contribution is 2.38. The number of hydrogen-bond acceptors (Lipinski definition) is 5. The Morgan fingerprint density at radius 2 is 1.70 bits per heavy atom. The smallest absolute Gasteiger partial charge is 0.238 e. The maximum atomic E-state index is 12.3. The molecular weight excluding hydrogens is 343 g/mol. The average molecular weight is 353 g/mol. The lowest BCUT2D eigenvalue weighted by Gasteiger charge is -2.09. The summed E-state index contributed by atoms with van der Waals surface area (Å²) in [4.78, 5) is 12.3. The zero-order chi connectivity index (χ0) is 16.9. The van der Waals surface area contributed by atoms with Crippen molar-refractivity contribution in [3.8, 4) is 28.6 Å². The van der Waals surface area contributed by atoms with Gasteiger partial charge in [-0.1, -0.05) is 23.2 Å². The Labute approximate surface area is 139 Å². The average Bonchev–Trinajstić information content (AvgIpc) is 2.47. The third-order valence-electron chi connectivity index (χ3n) is 3.49. The monoisotopic (exact) mass is 352 g/mol. The molecule has 0 aliphatic carbocycles. The second-order valence-corrected chi connectivity index (χ2v) is 5.85. The van der Waals surface area contributed by atoms with Gasteiger partial charge < -0.3 is 19.7 Å². The lowest BCUT2D eigenvalue weighted by atomic mass is 10.1. The number of fused-ring (bicyclic) bond motifs is 1. The van der Waals surface area contributed by atoms with Gasteiger partial charge in [-0.15, -0.1) is 0 Å². The molecule has 1 aromatic heterocycles. The number of halogens is 2. The van der Waals surface area contributed by atoms with Gasteiger partial charge in [-0.2, -0.15) is 0 Å². The third-order valence-corrected chi connectivity index (χ3v) is 4.11. The predicted octanol–water partition coefficient (Wildman–Crippen LogP) is 4.19. The zero-order valence-corrected chi connectivity index (χ0v) is 13.2. The second kappa shape index (κ2) is 5.37. The van der Waals surface area contributed by atoms with Crippen LogP contribution in [0.25, 0.3) is 22.3 Å². The molecule has 3 N–H and O–H groups in total.